The molecule has 0 fully saturated rings. The van der Waals surface area contributed by atoms with E-state index in [1.54, 1.807) is 6.07 Å². The Morgan fingerprint density at radius 1 is 0.333 bits per heavy atom. The highest BCUT2D eigenvalue weighted by molar-refractivity contribution is 6.12. The van der Waals surface area contributed by atoms with E-state index in [1.165, 1.54) is 0 Å². The summed E-state index contributed by atoms with van der Waals surface area (Å²) in [6.45, 7) is 0. The van der Waals surface area contributed by atoms with Crippen molar-refractivity contribution in [1.29, 1.82) is 21.0 Å². The third kappa shape index (κ3) is 7.01. The molecule has 7 heteroatoms. The SMILES string of the molecule is N#Cc1ccc(-c2cc(-c3nc(-c4ccccc4)cc(-c4ccccc4)n3)cc(-c3ccc(C#N)cc3)c2-n2c3ccccc3c3cc(-c4cc(C#N)cc(C#N)c4)ccc32)cc1. The summed E-state index contributed by atoms with van der Waals surface area (Å²) in [6.07, 6.45) is 0. The van der Waals surface area contributed by atoms with Crippen LogP contribution in [-0.4, -0.2) is 14.5 Å². The molecule has 10 aromatic rings. The van der Waals surface area contributed by atoms with E-state index >= 15 is 0 Å². The molecular weight excluding hydrogens is 771 g/mol. The van der Waals surface area contributed by atoms with Gasteiger partial charge in [-0.15, -0.1) is 0 Å². The highest BCUT2D eigenvalue weighted by Crippen LogP contribution is 2.45. The van der Waals surface area contributed by atoms with Crippen LogP contribution in [0.15, 0.2) is 188 Å². The van der Waals surface area contributed by atoms with Crippen LogP contribution in [0.2, 0.25) is 0 Å². The van der Waals surface area contributed by atoms with Crippen molar-refractivity contribution in [2.75, 3.05) is 0 Å². The van der Waals surface area contributed by atoms with E-state index in [4.69, 9.17) is 9.97 Å². The molecule has 8 aromatic carbocycles. The van der Waals surface area contributed by atoms with Gasteiger partial charge in [-0.25, -0.2) is 9.97 Å². The highest BCUT2D eigenvalue weighted by atomic mass is 15.0. The zero-order chi connectivity index (χ0) is 42.9. The topological polar surface area (TPSA) is 126 Å². The van der Waals surface area contributed by atoms with Crippen LogP contribution in [0.4, 0.5) is 0 Å². The van der Waals surface area contributed by atoms with E-state index < -0.39 is 0 Å². The zero-order valence-corrected chi connectivity index (χ0v) is 33.5. The Balaban J connectivity index is 1.31. The molecule has 7 nitrogen and oxygen atoms in total. The van der Waals surface area contributed by atoms with Crippen LogP contribution in [0.5, 0.6) is 0 Å². The van der Waals surface area contributed by atoms with Gasteiger partial charge < -0.3 is 4.57 Å². The summed E-state index contributed by atoms with van der Waals surface area (Å²) >= 11 is 0. The standard InChI is InChI=1S/C56H31N7/c57-32-36-15-19-40(20-16-36)48-29-46(56-61-51(42-9-3-1-4-10-42)31-52(62-56)43-11-5-2-6-12-43)30-49(41-21-17-37(33-58)18-22-41)55(48)63-53-14-8-7-13-47(53)50-28-44(23-24-54(50)63)45-26-38(34-59)25-39(27-45)35-60/h1-31H. The second-order valence-electron chi connectivity index (χ2n) is 15.1. The monoisotopic (exact) mass is 801 g/mol. The third-order valence-corrected chi connectivity index (χ3v) is 11.3. The van der Waals surface area contributed by atoms with Gasteiger partial charge in [0.2, 0.25) is 0 Å². The second-order valence-corrected chi connectivity index (χ2v) is 15.1. The van der Waals surface area contributed by atoms with Crippen LogP contribution >= 0.6 is 0 Å². The number of benzene rings is 8. The lowest BCUT2D eigenvalue weighted by atomic mass is 9.91. The van der Waals surface area contributed by atoms with Crippen molar-refractivity contribution in [1.82, 2.24) is 14.5 Å². The number of hydrogen-bond donors (Lipinski definition) is 0. The van der Waals surface area contributed by atoms with E-state index in [2.05, 4.69) is 65.2 Å². The Morgan fingerprint density at radius 2 is 0.810 bits per heavy atom. The van der Waals surface area contributed by atoms with Gasteiger partial charge in [0.25, 0.3) is 0 Å². The summed E-state index contributed by atoms with van der Waals surface area (Å²) in [5, 5.41) is 41.3. The quantitative estimate of drug-likeness (QED) is 0.158. The number of nitriles is 4. The van der Waals surface area contributed by atoms with Gasteiger partial charge >= 0.3 is 0 Å². The van der Waals surface area contributed by atoms with Gasteiger partial charge in [-0.3, -0.25) is 0 Å². The Labute approximate surface area is 363 Å². The minimum absolute atomic E-state index is 0.417. The first kappa shape index (κ1) is 37.8. The molecular formula is C56H31N7. The molecule has 0 saturated carbocycles. The molecule has 0 aliphatic heterocycles. The summed E-state index contributed by atoms with van der Waals surface area (Å²) in [5.74, 6) is 0.537. The molecule has 290 valence electrons. The van der Waals surface area contributed by atoms with Crippen LogP contribution in [-0.2, 0) is 0 Å². The fourth-order valence-corrected chi connectivity index (χ4v) is 8.30. The van der Waals surface area contributed by atoms with Crippen molar-refractivity contribution in [3.8, 4) is 97.2 Å². The first-order chi connectivity index (χ1) is 31.0. The summed E-state index contributed by atoms with van der Waals surface area (Å²) < 4.78 is 2.28. The maximum absolute atomic E-state index is 9.85. The molecule has 0 amide bonds. The van der Waals surface area contributed by atoms with Gasteiger partial charge in [-0.2, -0.15) is 21.0 Å². The molecule has 2 heterocycles. The highest BCUT2D eigenvalue weighted by Gasteiger charge is 2.23. The second kappa shape index (κ2) is 16.0. The smallest absolute Gasteiger partial charge is 0.160 e. The summed E-state index contributed by atoms with van der Waals surface area (Å²) in [6, 6.07) is 70.3. The van der Waals surface area contributed by atoms with Crippen molar-refractivity contribution in [2.45, 2.75) is 0 Å². The van der Waals surface area contributed by atoms with Gasteiger partial charge in [-0.05, 0) is 101 Å². The van der Waals surface area contributed by atoms with E-state index in [0.29, 0.717) is 28.1 Å². The number of para-hydroxylation sites is 1. The number of fused-ring (bicyclic) bond motifs is 3. The Hall–Kier alpha value is -9.40. The molecule has 0 aliphatic rings. The van der Waals surface area contributed by atoms with E-state index in [-0.39, 0.29) is 0 Å². The van der Waals surface area contributed by atoms with Crippen molar-refractivity contribution in [3.63, 3.8) is 0 Å². The third-order valence-electron chi connectivity index (χ3n) is 11.3. The number of nitrogens with zero attached hydrogens (tertiary/aromatic N) is 7. The van der Waals surface area contributed by atoms with Gasteiger partial charge in [-0.1, -0.05) is 109 Å². The molecule has 63 heavy (non-hydrogen) atoms. The first-order valence-electron chi connectivity index (χ1n) is 20.2. The van der Waals surface area contributed by atoms with Crippen molar-refractivity contribution in [3.05, 3.63) is 210 Å². The maximum Gasteiger partial charge on any atom is 0.160 e. The van der Waals surface area contributed by atoms with E-state index in [0.717, 1.165) is 89.0 Å². The average molecular weight is 802 g/mol. The Morgan fingerprint density at radius 3 is 1.33 bits per heavy atom. The summed E-state index contributed by atoms with van der Waals surface area (Å²) in [7, 11) is 0. The predicted molar refractivity (Wildman–Crippen MR) is 248 cm³/mol. The lowest BCUT2D eigenvalue weighted by molar-refractivity contribution is 1.17. The largest absolute Gasteiger partial charge is 0.308 e. The molecule has 0 saturated heterocycles. The lowest BCUT2D eigenvalue weighted by Crippen LogP contribution is -2.03. The van der Waals surface area contributed by atoms with Crippen LogP contribution < -0.4 is 0 Å². The molecule has 0 spiro atoms. The molecule has 0 atom stereocenters. The summed E-state index contributed by atoms with van der Waals surface area (Å²) in [5.41, 5.74) is 14.1. The molecule has 2 aromatic heterocycles. The average Bonchev–Trinajstić information content (AvgIpc) is 3.69. The minimum Gasteiger partial charge on any atom is -0.308 e. The fraction of sp³-hybridized carbons (Fsp3) is 0. The number of aromatic nitrogens is 3. The van der Waals surface area contributed by atoms with Crippen molar-refractivity contribution >= 4 is 21.8 Å². The fourth-order valence-electron chi connectivity index (χ4n) is 8.30. The first-order valence-corrected chi connectivity index (χ1v) is 20.2. The van der Waals surface area contributed by atoms with E-state index in [9.17, 15) is 21.0 Å². The molecule has 0 bridgehead atoms. The van der Waals surface area contributed by atoms with Crippen molar-refractivity contribution in [2.24, 2.45) is 0 Å². The van der Waals surface area contributed by atoms with Crippen LogP contribution in [0.1, 0.15) is 22.3 Å². The zero-order valence-electron chi connectivity index (χ0n) is 33.5. The maximum atomic E-state index is 9.85. The van der Waals surface area contributed by atoms with Crippen molar-refractivity contribution < 1.29 is 0 Å². The lowest BCUT2D eigenvalue weighted by Gasteiger charge is -2.21. The molecule has 0 radical (unpaired) electrons. The number of rotatable bonds is 7. The van der Waals surface area contributed by atoms with Crippen LogP contribution in [0, 0.1) is 45.3 Å². The van der Waals surface area contributed by atoms with Gasteiger partial charge in [0.05, 0.1) is 74.6 Å². The molecule has 0 N–H and O–H groups in total. The van der Waals surface area contributed by atoms with Gasteiger partial charge in [0.1, 0.15) is 0 Å². The van der Waals surface area contributed by atoms with Crippen LogP contribution in [0.3, 0.4) is 0 Å². The Bertz CT molecular complexity index is 3410. The normalized spacial score (nSPS) is 10.8. The minimum atomic E-state index is 0.417. The van der Waals surface area contributed by atoms with Crippen LogP contribution in [0.25, 0.3) is 94.8 Å². The predicted octanol–water partition coefficient (Wildman–Crippen LogP) is 13.1. The number of hydrogen-bond acceptors (Lipinski definition) is 6. The Kier molecular flexibility index (Phi) is 9.60. The molecule has 10 rings (SSSR count). The van der Waals surface area contributed by atoms with E-state index in [1.807, 2.05) is 146 Å². The van der Waals surface area contributed by atoms with Gasteiger partial charge in [0, 0.05) is 38.6 Å². The van der Waals surface area contributed by atoms with Gasteiger partial charge in [0.15, 0.2) is 5.82 Å². The molecule has 0 unspecified atom stereocenters. The molecule has 0 aliphatic carbocycles. The summed E-state index contributed by atoms with van der Waals surface area (Å²) in [4.78, 5) is 10.5.